The van der Waals surface area contributed by atoms with Gasteiger partial charge in [0, 0.05) is 12.6 Å². The highest BCUT2D eigenvalue weighted by molar-refractivity contribution is 4.82. The van der Waals surface area contributed by atoms with Gasteiger partial charge in [0.05, 0.1) is 5.60 Å². The fourth-order valence-corrected chi connectivity index (χ4v) is 1.83. The second-order valence-corrected chi connectivity index (χ2v) is 4.71. The molecule has 1 rings (SSSR count). The first-order valence-electron chi connectivity index (χ1n) is 4.95. The summed E-state index contributed by atoms with van der Waals surface area (Å²) in [5.74, 6) is 0.785. The molecule has 0 aromatic rings. The molecule has 0 bridgehead atoms. The van der Waals surface area contributed by atoms with Gasteiger partial charge in [0.25, 0.3) is 0 Å². The van der Waals surface area contributed by atoms with E-state index in [0.29, 0.717) is 12.6 Å². The molecular formula is C10H21NO. The summed E-state index contributed by atoms with van der Waals surface area (Å²) in [6.07, 6.45) is 3.95. The van der Waals surface area contributed by atoms with Crippen LogP contribution in [0.3, 0.4) is 0 Å². The van der Waals surface area contributed by atoms with Gasteiger partial charge in [0.2, 0.25) is 0 Å². The molecule has 0 amide bonds. The van der Waals surface area contributed by atoms with Crippen LogP contribution in [0.25, 0.3) is 0 Å². The Hall–Kier alpha value is -0.0800. The quantitative estimate of drug-likeness (QED) is 0.675. The minimum Gasteiger partial charge on any atom is -0.389 e. The summed E-state index contributed by atoms with van der Waals surface area (Å²) < 4.78 is 0. The van der Waals surface area contributed by atoms with Gasteiger partial charge in [-0.2, -0.15) is 0 Å². The Morgan fingerprint density at radius 1 is 1.42 bits per heavy atom. The van der Waals surface area contributed by atoms with Gasteiger partial charge in [-0.1, -0.05) is 13.3 Å². The van der Waals surface area contributed by atoms with Crippen molar-refractivity contribution in [2.24, 2.45) is 5.92 Å². The number of hydrogen-bond donors (Lipinski definition) is 2. The van der Waals surface area contributed by atoms with Crippen molar-refractivity contribution in [3.8, 4) is 0 Å². The Morgan fingerprint density at radius 3 is 2.50 bits per heavy atom. The minimum atomic E-state index is -0.567. The summed E-state index contributed by atoms with van der Waals surface area (Å²) in [7, 11) is 0. The monoisotopic (exact) mass is 171 g/mol. The van der Waals surface area contributed by atoms with Crippen molar-refractivity contribution < 1.29 is 5.11 Å². The van der Waals surface area contributed by atoms with Gasteiger partial charge in [-0.3, -0.25) is 0 Å². The lowest BCUT2D eigenvalue weighted by Crippen LogP contribution is -2.41. The average Bonchev–Trinajstić information content (AvgIpc) is 2.29. The minimum absolute atomic E-state index is 0.567. The van der Waals surface area contributed by atoms with Crippen LogP contribution in [-0.4, -0.2) is 23.3 Å². The van der Waals surface area contributed by atoms with E-state index in [1.807, 2.05) is 13.8 Å². The van der Waals surface area contributed by atoms with Gasteiger partial charge in [0.15, 0.2) is 0 Å². The zero-order valence-corrected chi connectivity index (χ0v) is 8.43. The fraction of sp³-hybridized carbons (Fsp3) is 1.00. The van der Waals surface area contributed by atoms with E-state index in [-0.39, 0.29) is 0 Å². The van der Waals surface area contributed by atoms with Crippen LogP contribution in [0.5, 0.6) is 0 Å². The molecule has 2 heteroatoms. The van der Waals surface area contributed by atoms with E-state index in [0.717, 1.165) is 5.92 Å². The molecule has 1 aliphatic rings. The second-order valence-electron chi connectivity index (χ2n) is 4.71. The molecule has 0 radical (unpaired) electrons. The lowest BCUT2D eigenvalue weighted by molar-refractivity contribution is 0.0750. The second kappa shape index (κ2) is 3.75. The predicted octanol–water partition coefficient (Wildman–Crippen LogP) is 1.54. The number of nitrogens with one attached hydrogen (secondary N) is 1. The first kappa shape index (κ1) is 10.0. The van der Waals surface area contributed by atoms with Crippen LogP contribution in [0.15, 0.2) is 0 Å². The maximum absolute atomic E-state index is 9.50. The van der Waals surface area contributed by atoms with E-state index in [1.165, 1.54) is 19.3 Å². The molecule has 0 saturated heterocycles. The van der Waals surface area contributed by atoms with E-state index in [9.17, 15) is 5.11 Å². The normalized spacial score (nSPS) is 31.0. The van der Waals surface area contributed by atoms with Gasteiger partial charge in [-0.15, -0.1) is 0 Å². The van der Waals surface area contributed by atoms with Gasteiger partial charge in [-0.05, 0) is 32.6 Å². The van der Waals surface area contributed by atoms with Crippen molar-refractivity contribution in [3.63, 3.8) is 0 Å². The van der Waals surface area contributed by atoms with Crippen molar-refractivity contribution in [1.82, 2.24) is 5.32 Å². The third-order valence-corrected chi connectivity index (χ3v) is 2.66. The Bertz CT molecular complexity index is 139. The van der Waals surface area contributed by atoms with Crippen molar-refractivity contribution in [2.45, 2.75) is 51.7 Å². The van der Waals surface area contributed by atoms with Crippen LogP contribution in [0.1, 0.15) is 40.0 Å². The third-order valence-electron chi connectivity index (χ3n) is 2.66. The van der Waals surface area contributed by atoms with Crippen LogP contribution in [0, 0.1) is 5.92 Å². The largest absolute Gasteiger partial charge is 0.389 e. The molecule has 2 nitrogen and oxygen atoms in total. The highest BCUT2D eigenvalue weighted by atomic mass is 16.3. The molecule has 2 N–H and O–H groups in total. The predicted molar refractivity (Wildman–Crippen MR) is 51.1 cm³/mol. The van der Waals surface area contributed by atoms with E-state index in [2.05, 4.69) is 12.2 Å². The van der Waals surface area contributed by atoms with Crippen molar-refractivity contribution in [1.29, 1.82) is 0 Å². The molecule has 0 aromatic heterocycles. The maximum Gasteiger partial charge on any atom is 0.0715 e. The summed E-state index contributed by atoms with van der Waals surface area (Å²) in [4.78, 5) is 0. The summed E-state index contributed by atoms with van der Waals surface area (Å²) >= 11 is 0. The molecule has 1 saturated carbocycles. The van der Waals surface area contributed by atoms with E-state index in [1.54, 1.807) is 0 Å². The SMILES string of the molecule is C[C@@H]1CCC[C@H]1NCC(C)(C)O. The summed E-state index contributed by atoms with van der Waals surface area (Å²) in [6, 6.07) is 0.636. The van der Waals surface area contributed by atoms with Crippen LogP contribution < -0.4 is 5.32 Å². The third kappa shape index (κ3) is 3.11. The van der Waals surface area contributed by atoms with Crippen LogP contribution in [0.4, 0.5) is 0 Å². The molecule has 0 aromatic carbocycles. The molecule has 2 atom stereocenters. The van der Waals surface area contributed by atoms with Crippen molar-refractivity contribution >= 4 is 0 Å². The van der Waals surface area contributed by atoms with Crippen LogP contribution in [0.2, 0.25) is 0 Å². The first-order chi connectivity index (χ1) is 5.49. The lowest BCUT2D eigenvalue weighted by Gasteiger charge is -2.23. The topological polar surface area (TPSA) is 32.3 Å². The highest BCUT2D eigenvalue weighted by Gasteiger charge is 2.24. The zero-order chi connectivity index (χ0) is 9.19. The zero-order valence-electron chi connectivity index (χ0n) is 8.43. The Labute approximate surface area is 75.4 Å². The van der Waals surface area contributed by atoms with Crippen LogP contribution in [-0.2, 0) is 0 Å². The Morgan fingerprint density at radius 2 is 2.08 bits per heavy atom. The molecule has 0 spiro atoms. The lowest BCUT2D eigenvalue weighted by atomic mass is 10.0. The number of rotatable bonds is 3. The van der Waals surface area contributed by atoms with E-state index in [4.69, 9.17) is 0 Å². The molecule has 72 valence electrons. The molecule has 0 unspecified atom stereocenters. The average molecular weight is 171 g/mol. The summed E-state index contributed by atoms with van der Waals surface area (Å²) in [5, 5.41) is 12.9. The molecule has 1 aliphatic carbocycles. The maximum atomic E-state index is 9.50. The smallest absolute Gasteiger partial charge is 0.0715 e. The molecular weight excluding hydrogens is 150 g/mol. The van der Waals surface area contributed by atoms with E-state index < -0.39 is 5.60 Å². The van der Waals surface area contributed by atoms with Gasteiger partial charge in [-0.25, -0.2) is 0 Å². The molecule has 0 heterocycles. The fourth-order valence-electron chi connectivity index (χ4n) is 1.83. The first-order valence-corrected chi connectivity index (χ1v) is 4.95. The highest BCUT2D eigenvalue weighted by Crippen LogP contribution is 2.24. The molecule has 0 aliphatic heterocycles. The Kier molecular flexibility index (Phi) is 3.13. The van der Waals surface area contributed by atoms with Crippen molar-refractivity contribution in [2.75, 3.05) is 6.54 Å². The van der Waals surface area contributed by atoms with Crippen LogP contribution >= 0.6 is 0 Å². The summed E-state index contributed by atoms with van der Waals surface area (Å²) in [6.45, 7) is 6.69. The number of hydrogen-bond acceptors (Lipinski definition) is 2. The standard InChI is InChI=1S/C10H21NO/c1-8-5-4-6-9(8)11-7-10(2,3)12/h8-9,11-12H,4-7H2,1-3H3/t8-,9-/m1/s1. The van der Waals surface area contributed by atoms with Gasteiger partial charge >= 0.3 is 0 Å². The van der Waals surface area contributed by atoms with E-state index >= 15 is 0 Å². The molecule has 12 heavy (non-hydrogen) atoms. The van der Waals surface area contributed by atoms with Crippen molar-refractivity contribution in [3.05, 3.63) is 0 Å². The number of aliphatic hydroxyl groups is 1. The Balaban J connectivity index is 2.23. The van der Waals surface area contributed by atoms with Gasteiger partial charge < -0.3 is 10.4 Å². The van der Waals surface area contributed by atoms with Gasteiger partial charge in [0.1, 0.15) is 0 Å². The summed E-state index contributed by atoms with van der Waals surface area (Å²) in [5.41, 5.74) is -0.567. The molecule has 1 fully saturated rings.